The fourth-order valence-corrected chi connectivity index (χ4v) is 3.78. The monoisotopic (exact) mass is 257 g/mol. The maximum atomic E-state index is 3.68. The molecule has 0 bridgehead atoms. The van der Waals surface area contributed by atoms with Gasteiger partial charge in [0.05, 0.1) is 0 Å². The lowest BCUT2D eigenvalue weighted by Crippen LogP contribution is -2.26. The third-order valence-corrected chi connectivity index (χ3v) is 4.95. The van der Waals surface area contributed by atoms with E-state index in [9.17, 15) is 0 Å². The van der Waals surface area contributed by atoms with Gasteiger partial charge < -0.3 is 5.32 Å². The number of hydrogen-bond donors (Lipinski definition) is 1. The van der Waals surface area contributed by atoms with Crippen LogP contribution in [0.4, 0.5) is 0 Å². The van der Waals surface area contributed by atoms with Gasteiger partial charge in [-0.1, -0.05) is 56.4 Å². The molecule has 1 nitrogen and oxygen atoms in total. The molecule has 1 N–H and O–H groups in total. The van der Waals surface area contributed by atoms with Gasteiger partial charge in [0.2, 0.25) is 0 Å². The Labute approximate surface area is 117 Å². The average Bonchev–Trinajstić information content (AvgIpc) is 2.77. The zero-order valence-electron chi connectivity index (χ0n) is 12.0. The first-order valence-electron chi connectivity index (χ1n) is 8.27. The van der Waals surface area contributed by atoms with E-state index in [1.54, 1.807) is 5.56 Å². The highest BCUT2D eigenvalue weighted by molar-refractivity contribution is 5.29. The topological polar surface area (TPSA) is 12.0 Å². The van der Waals surface area contributed by atoms with Gasteiger partial charge >= 0.3 is 0 Å². The third kappa shape index (κ3) is 3.39. The second-order valence-electron chi connectivity index (χ2n) is 6.36. The Balaban J connectivity index is 1.74. The molecule has 1 aromatic rings. The summed E-state index contributed by atoms with van der Waals surface area (Å²) >= 11 is 0. The van der Waals surface area contributed by atoms with E-state index < -0.39 is 0 Å². The minimum atomic E-state index is 0.611. The minimum Gasteiger partial charge on any atom is -0.310 e. The first-order valence-corrected chi connectivity index (χ1v) is 8.27. The summed E-state index contributed by atoms with van der Waals surface area (Å²) in [5.74, 6) is 0.825. The Kier molecular flexibility index (Phi) is 4.55. The van der Waals surface area contributed by atoms with Crippen molar-refractivity contribution in [2.45, 2.75) is 69.7 Å². The van der Waals surface area contributed by atoms with Crippen molar-refractivity contribution >= 4 is 0 Å². The number of hydrogen-bond acceptors (Lipinski definition) is 1. The van der Waals surface area contributed by atoms with E-state index >= 15 is 0 Å². The van der Waals surface area contributed by atoms with E-state index in [0.29, 0.717) is 6.04 Å². The molecular weight excluding hydrogens is 230 g/mol. The number of nitrogens with one attached hydrogen (secondary N) is 1. The molecule has 1 heterocycles. The molecule has 1 aliphatic carbocycles. The fourth-order valence-electron chi connectivity index (χ4n) is 3.78. The Bertz CT molecular complexity index is 384. The van der Waals surface area contributed by atoms with Crippen LogP contribution in [0, 0.1) is 0 Å². The molecule has 1 saturated carbocycles. The van der Waals surface area contributed by atoms with E-state index in [2.05, 4.69) is 29.6 Å². The van der Waals surface area contributed by atoms with E-state index in [1.807, 2.05) is 0 Å². The van der Waals surface area contributed by atoms with E-state index in [4.69, 9.17) is 0 Å². The average molecular weight is 257 g/mol. The number of piperidine rings is 1. The molecular formula is C18H27N. The van der Waals surface area contributed by atoms with Crippen molar-refractivity contribution in [3.63, 3.8) is 0 Å². The molecule has 0 radical (unpaired) electrons. The summed E-state index contributed by atoms with van der Waals surface area (Å²) in [6.45, 7) is 1.19. The first kappa shape index (κ1) is 13.2. The van der Waals surface area contributed by atoms with Crippen LogP contribution in [0.15, 0.2) is 24.3 Å². The molecule has 104 valence electrons. The van der Waals surface area contributed by atoms with Crippen molar-refractivity contribution in [1.29, 1.82) is 0 Å². The highest BCUT2D eigenvalue weighted by atomic mass is 14.9. The molecule has 3 rings (SSSR count). The second kappa shape index (κ2) is 6.56. The maximum Gasteiger partial charge on any atom is 0.0320 e. The predicted molar refractivity (Wildman–Crippen MR) is 81.5 cm³/mol. The van der Waals surface area contributed by atoms with Gasteiger partial charge in [0.15, 0.2) is 0 Å². The van der Waals surface area contributed by atoms with Crippen LogP contribution in [-0.2, 0) is 0 Å². The molecule has 2 aliphatic rings. The van der Waals surface area contributed by atoms with Crippen LogP contribution in [-0.4, -0.2) is 6.54 Å². The van der Waals surface area contributed by atoms with E-state index in [0.717, 1.165) is 5.92 Å². The standard InChI is InChI=1S/C18H27N/c1-2-4-9-15(8-3-1)16-10-7-11-17(14-16)18-12-5-6-13-19-18/h7,10-11,14-15,18-19H,1-6,8-9,12-13H2. The van der Waals surface area contributed by atoms with E-state index in [-0.39, 0.29) is 0 Å². The van der Waals surface area contributed by atoms with Gasteiger partial charge in [0.25, 0.3) is 0 Å². The molecule has 1 unspecified atom stereocenters. The summed E-state index contributed by atoms with van der Waals surface area (Å²) in [5.41, 5.74) is 3.13. The summed E-state index contributed by atoms with van der Waals surface area (Å²) in [6.07, 6.45) is 12.6. The Morgan fingerprint density at radius 3 is 2.26 bits per heavy atom. The molecule has 0 aromatic heterocycles. The van der Waals surface area contributed by atoms with Gasteiger partial charge in [-0.25, -0.2) is 0 Å². The second-order valence-corrected chi connectivity index (χ2v) is 6.36. The summed E-state index contributed by atoms with van der Waals surface area (Å²) < 4.78 is 0. The van der Waals surface area contributed by atoms with Crippen molar-refractivity contribution in [2.24, 2.45) is 0 Å². The minimum absolute atomic E-state index is 0.611. The normalized spacial score (nSPS) is 26.0. The zero-order valence-corrected chi connectivity index (χ0v) is 12.0. The van der Waals surface area contributed by atoms with Crippen LogP contribution in [0.3, 0.4) is 0 Å². The van der Waals surface area contributed by atoms with Gasteiger partial charge in [0, 0.05) is 6.04 Å². The molecule has 1 aromatic carbocycles. The van der Waals surface area contributed by atoms with Crippen molar-refractivity contribution in [3.8, 4) is 0 Å². The van der Waals surface area contributed by atoms with Crippen LogP contribution >= 0.6 is 0 Å². The van der Waals surface area contributed by atoms with Crippen LogP contribution in [0.5, 0.6) is 0 Å². The lowest BCUT2D eigenvalue weighted by Gasteiger charge is -2.25. The molecule has 1 atom stereocenters. The van der Waals surface area contributed by atoms with Gasteiger partial charge in [-0.15, -0.1) is 0 Å². The summed E-state index contributed by atoms with van der Waals surface area (Å²) in [5, 5.41) is 3.68. The van der Waals surface area contributed by atoms with Gasteiger partial charge in [-0.3, -0.25) is 0 Å². The van der Waals surface area contributed by atoms with Gasteiger partial charge in [-0.05, 0) is 49.3 Å². The van der Waals surface area contributed by atoms with E-state index in [1.165, 1.54) is 69.9 Å². The summed E-state index contributed by atoms with van der Waals surface area (Å²) in [6, 6.07) is 10.1. The third-order valence-electron chi connectivity index (χ3n) is 4.95. The van der Waals surface area contributed by atoms with Crippen molar-refractivity contribution in [2.75, 3.05) is 6.54 Å². The first-order chi connectivity index (χ1) is 9.43. The zero-order chi connectivity index (χ0) is 12.9. The van der Waals surface area contributed by atoms with Crippen LogP contribution < -0.4 is 5.32 Å². The molecule has 2 fully saturated rings. The molecule has 19 heavy (non-hydrogen) atoms. The van der Waals surface area contributed by atoms with Gasteiger partial charge in [0.1, 0.15) is 0 Å². The Morgan fingerprint density at radius 2 is 1.53 bits per heavy atom. The van der Waals surface area contributed by atoms with Crippen molar-refractivity contribution < 1.29 is 0 Å². The molecule has 1 saturated heterocycles. The van der Waals surface area contributed by atoms with Gasteiger partial charge in [-0.2, -0.15) is 0 Å². The highest BCUT2D eigenvalue weighted by Gasteiger charge is 2.18. The van der Waals surface area contributed by atoms with Crippen molar-refractivity contribution in [1.82, 2.24) is 5.32 Å². The highest BCUT2D eigenvalue weighted by Crippen LogP contribution is 2.33. The van der Waals surface area contributed by atoms with Crippen LogP contribution in [0.25, 0.3) is 0 Å². The molecule has 1 heteroatoms. The van der Waals surface area contributed by atoms with Crippen LogP contribution in [0.2, 0.25) is 0 Å². The van der Waals surface area contributed by atoms with Crippen LogP contribution in [0.1, 0.15) is 80.9 Å². The SMILES string of the molecule is c1cc(C2CCCCCC2)cc(C2CCCCN2)c1. The summed E-state index contributed by atoms with van der Waals surface area (Å²) in [7, 11) is 0. The Morgan fingerprint density at radius 1 is 0.789 bits per heavy atom. The maximum absolute atomic E-state index is 3.68. The van der Waals surface area contributed by atoms with Crippen molar-refractivity contribution in [3.05, 3.63) is 35.4 Å². The number of benzene rings is 1. The lowest BCUT2D eigenvalue weighted by atomic mass is 9.88. The Hall–Kier alpha value is -0.820. The lowest BCUT2D eigenvalue weighted by molar-refractivity contribution is 0.412. The smallest absolute Gasteiger partial charge is 0.0320 e. The predicted octanol–water partition coefficient (Wildman–Crippen LogP) is 4.94. The fraction of sp³-hybridized carbons (Fsp3) is 0.667. The summed E-state index contributed by atoms with van der Waals surface area (Å²) in [4.78, 5) is 0. The quantitative estimate of drug-likeness (QED) is 0.740. The molecule has 1 aliphatic heterocycles. The molecule has 0 spiro atoms. The molecule has 0 amide bonds. The largest absolute Gasteiger partial charge is 0.310 e. The number of rotatable bonds is 2.